The van der Waals surface area contributed by atoms with E-state index in [4.69, 9.17) is 0 Å². The number of nitrogens with one attached hydrogen (secondary N) is 2. The highest BCUT2D eigenvalue weighted by Gasteiger charge is 2.18. The van der Waals surface area contributed by atoms with Crippen LogP contribution in [0, 0.1) is 13.8 Å². The van der Waals surface area contributed by atoms with E-state index in [9.17, 15) is 9.59 Å². The van der Waals surface area contributed by atoms with Crippen molar-refractivity contribution in [1.29, 1.82) is 0 Å². The Morgan fingerprint density at radius 3 is 2.61 bits per heavy atom. The molecule has 0 bridgehead atoms. The molecule has 1 heterocycles. The van der Waals surface area contributed by atoms with Gasteiger partial charge in [0.25, 0.3) is 5.91 Å². The molecule has 0 atom stereocenters. The summed E-state index contributed by atoms with van der Waals surface area (Å²) in [5.74, 6) is -0.374. The fourth-order valence-electron chi connectivity index (χ4n) is 2.88. The normalized spacial score (nSPS) is 12.8. The fraction of sp³-hybridized carbons (Fsp3) is 0.333. The number of anilines is 1. The van der Waals surface area contributed by atoms with Gasteiger partial charge in [-0.25, -0.2) is 0 Å². The van der Waals surface area contributed by atoms with Crippen LogP contribution in [-0.2, 0) is 17.6 Å². The van der Waals surface area contributed by atoms with Crippen molar-refractivity contribution in [3.63, 3.8) is 0 Å². The zero-order chi connectivity index (χ0) is 16.4. The van der Waals surface area contributed by atoms with E-state index in [-0.39, 0.29) is 18.4 Å². The third-order valence-corrected chi connectivity index (χ3v) is 5.36. The first kappa shape index (κ1) is 15.7. The summed E-state index contributed by atoms with van der Waals surface area (Å²) >= 11 is 1.55. The second-order valence-corrected chi connectivity index (χ2v) is 7.05. The van der Waals surface area contributed by atoms with E-state index in [0.29, 0.717) is 4.88 Å². The summed E-state index contributed by atoms with van der Waals surface area (Å²) in [6.07, 6.45) is 3.31. The molecular formula is C18H20N2O2S. The maximum atomic E-state index is 12.2. The van der Waals surface area contributed by atoms with Crippen molar-refractivity contribution in [3.05, 3.63) is 50.7 Å². The summed E-state index contributed by atoms with van der Waals surface area (Å²) in [4.78, 5) is 26.2. The van der Waals surface area contributed by atoms with Gasteiger partial charge in [0.2, 0.25) is 5.91 Å². The molecule has 120 valence electrons. The lowest BCUT2D eigenvalue weighted by Gasteiger charge is -2.11. The number of carbonyl (C=O) groups is 2. The molecule has 1 aliphatic rings. The molecule has 1 aromatic heterocycles. The van der Waals surface area contributed by atoms with Crippen molar-refractivity contribution in [2.75, 3.05) is 11.9 Å². The molecule has 2 aromatic rings. The Morgan fingerprint density at radius 1 is 1.17 bits per heavy atom. The highest BCUT2D eigenvalue weighted by Crippen LogP contribution is 2.30. The maximum Gasteiger partial charge on any atom is 0.261 e. The SMILES string of the molecule is Cc1cccc(C)c1NC(=O)CNC(=O)c1cc2c(s1)CCC2. The summed E-state index contributed by atoms with van der Waals surface area (Å²) in [7, 11) is 0. The van der Waals surface area contributed by atoms with Crippen LogP contribution in [0.15, 0.2) is 24.3 Å². The van der Waals surface area contributed by atoms with Crippen molar-refractivity contribution < 1.29 is 9.59 Å². The van der Waals surface area contributed by atoms with Crippen LogP contribution in [0.25, 0.3) is 0 Å². The number of hydrogen-bond donors (Lipinski definition) is 2. The average Bonchev–Trinajstić information content (AvgIpc) is 3.10. The van der Waals surface area contributed by atoms with Crippen molar-refractivity contribution in [1.82, 2.24) is 5.32 Å². The van der Waals surface area contributed by atoms with Crippen LogP contribution >= 0.6 is 11.3 Å². The summed E-state index contributed by atoms with van der Waals surface area (Å²) in [5, 5.41) is 5.58. The van der Waals surface area contributed by atoms with E-state index >= 15 is 0 Å². The number of carbonyl (C=O) groups excluding carboxylic acids is 2. The molecule has 1 aliphatic carbocycles. The predicted molar refractivity (Wildman–Crippen MR) is 93.2 cm³/mol. The highest BCUT2D eigenvalue weighted by atomic mass is 32.1. The Morgan fingerprint density at radius 2 is 1.91 bits per heavy atom. The number of amides is 2. The van der Waals surface area contributed by atoms with Crippen LogP contribution < -0.4 is 10.6 Å². The minimum absolute atomic E-state index is 0.0187. The first-order valence-corrected chi connectivity index (χ1v) is 8.62. The molecular weight excluding hydrogens is 308 g/mol. The molecule has 0 spiro atoms. The fourth-order valence-corrected chi connectivity index (χ4v) is 4.05. The second kappa shape index (κ2) is 6.54. The van der Waals surface area contributed by atoms with Gasteiger partial charge in [-0.3, -0.25) is 9.59 Å². The van der Waals surface area contributed by atoms with Crippen molar-refractivity contribution >= 4 is 28.8 Å². The van der Waals surface area contributed by atoms with E-state index in [0.717, 1.165) is 29.7 Å². The van der Waals surface area contributed by atoms with Gasteiger partial charge in [-0.1, -0.05) is 18.2 Å². The summed E-state index contributed by atoms with van der Waals surface area (Å²) in [5.41, 5.74) is 4.14. The van der Waals surface area contributed by atoms with Crippen LogP contribution in [0.1, 0.15) is 37.7 Å². The van der Waals surface area contributed by atoms with Crippen molar-refractivity contribution in [3.8, 4) is 0 Å². The summed E-state index contributed by atoms with van der Waals surface area (Å²) in [6.45, 7) is 3.89. The van der Waals surface area contributed by atoms with Gasteiger partial charge in [0.15, 0.2) is 0 Å². The van der Waals surface area contributed by atoms with Gasteiger partial charge in [0.05, 0.1) is 11.4 Å². The number of hydrogen-bond acceptors (Lipinski definition) is 3. The second-order valence-electron chi connectivity index (χ2n) is 5.91. The molecule has 0 saturated heterocycles. The number of thiophene rings is 1. The standard InChI is InChI=1S/C18H20N2O2S/c1-11-5-3-6-12(2)17(11)20-16(21)10-19-18(22)15-9-13-7-4-8-14(13)23-15/h3,5-6,9H,4,7-8,10H2,1-2H3,(H,19,22)(H,20,21). The first-order valence-electron chi connectivity index (χ1n) is 7.80. The predicted octanol–water partition coefficient (Wildman–Crippen LogP) is 3.22. The van der Waals surface area contributed by atoms with Gasteiger partial charge >= 0.3 is 0 Å². The molecule has 3 rings (SSSR count). The van der Waals surface area contributed by atoms with Gasteiger partial charge in [-0.2, -0.15) is 0 Å². The number of benzene rings is 1. The molecule has 5 heteroatoms. The van der Waals surface area contributed by atoms with Crippen LogP contribution in [0.4, 0.5) is 5.69 Å². The maximum absolute atomic E-state index is 12.2. The summed E-state index contributed by atoms with van der Waals surface area (Å²) < 4.78 is 0. The van der Waals surface area contributed by atoms with E-state index in [1.165, 1.54) is 16.9 Å². The minimum atomic E-state index is -0.208. The molecule has 23 heavy (non-hydrogen) atoms. The Balaban J connectivity index is 1.57. The Labute approximate surface area is 139 Å². The van der Waals surface area contributed by atoms with Crippen LogP contribution in [-0.4, -0.2) is 18.4 Å². The van der Waals surface area contributed by atoms with Crippen LogP contribution in [0.5, 0.6) is 0 Å². The third kappa shape index (κ3) is 3.45. The molecule has 0 saturated carbocycles. The van der Waals surface area contributed by atoms with Crippen LogP contribution in [0.3, 0.4) is 0 Å². The van der Waals surface area contributed by atoms with Gasteiger partial charge in [0.1, 0.15) is 0 Å². The Hall–Kier alpha value is -2.14. The van der Waals surface area contributed by atoms with E-state index in [2.05, 4.69) is 10.6 Å². The first-order chi connectivity index (χ1) is 11.0. The quantitative estimate of drug-likeness (QED) is 0.905. The lowest BCUT2D eigenvalue weighted by molar-refractivity contribution is -0.115. The average molecular weight is 328 g/mol. The molecule has 0 unspecified atom stereocenters. The summed E-state index contributed by atoms with van der Waals surface area (Å²) in [6, 6.07) is 7.83. The van der Waals surface area contributed by atoms with Crippen molar-refractivity contribution in [2.24, 2.45) is 0 Å². The van der Waals surface area contributed by atoms with E-state index in [1.807, 2.05) is 38.1 Å². The zero-order valence-corrected chi connectivity index (χ0v) is 14.2. The van der Waals surface area contributed by atoms with E-state index in [1.54, 1.807) is 11.3 Å². The zero-order valence-electron chi connectivity index (χ0n) is 13.4. The molecule has 0 aliphatic heterocycles. The van der Waals surface area contributed by atoms with Gasteiger partial charge in [-0.15, -0.1) is 11.3 Å². The van der Waals surface area contributed by atoms with Gasteiger partial charge in [-0.05, 0) is 55.9 Å². The smallest absolute Gasteiger partial charge is 0.261 e. The lowest BCUT2D eigenvalue weighted by atomic mass is 10.1. The van der Waals surface area contributed by atoms with Gasteiger partial charge < -0.3 is 10.6 Å². The monoisotopic (exact) mass is 328 g/mol. The topological polar surface area (TPSA) is 58.2 Å². The molecule has 2 N–H and O–H groups in total. The van der Waals surface area contributed by atoms with Crippen molar-refractivity contribution in [2.45, 2.75) is 33.1 Å². The molecule has 2 amide bonds. The molecule has 0 fully saturated rings. The third-order valence-electron chi connectivity index (χ3n) is 4.13. The van der Waals surface area contributed by atoms with Crippen LogP contribution in [0.2, 0.25) is 0 Å². The molecule has 4 nitrogen and oxygen atoms in total. The van der Waals surface area contributed by atoms with Gasteiger partial charge in [0, 0.05) is 10.6 Å². The Kier molecular flexibility index (Phi) is 4.48. The lowest BCUT2D eigenvalue weighted by Crippen LogP contribution is -2.32. The number of para-hydroxylation sites is 1. The Bertz CT molecular complexity index is 723. The highest BCUT2D eigenvalue weighted by molar-refractivity contribution is 7.14. The number of fused-ring (bicyclic) bond motifs is 1. The largest absolute Gasteiger partial charge is 0.342 e. The number of rotatable bonds is 4. The number of aryl methyl sites for hydroxylation is 4. The molecule has 1 aromatic carbocycles. The van der Waals surface area contributed by atoms with E-state index < -0.39 is 0 Å². The molecule has 0 radical (unpaired) electrons. The minimum Gasteiger partial charge on any atom is -0.342 e.